The summed E-state index contributed by atoms with van der Waals surface area (Å²) < 4.78 is 0. The van der Waals surface area contributed by atoms with Gasteiger partial charge in [-0.05, 0) is 62.3 Å². The number of nitrogens with one attached hydrogen (secondary N) is 1. The molecular weight excluding hydrogens is 426 g/mol. The van der Waals surface area contributed by atoms with E-state index in [-0.39, 0.29) is 23.6 Å². The molecule has 0 radical (unpaired) electrons. The molecule has 0 aromatic heterocycles. The Morgan fingerprint density at radius 3 is 2.62 bits per heavy atom. The second kappa shape index (κ2) is 10.6. The molecule has 2 atom stereocenters. The number of hydrogen-bond donors (Lipinski definition) is 1. The third-order valence-corrected chi connectivity index (χ3v) is 7.66. The quantitative estimate of drug-likeness (QED) is 0.645. The van der Waals surface area contributed by atoms with E-state index < -0.39 is 5.54 Å². The standard InChI is InChI=1S/C28H37N3O3/c1-3-30(4-2)27(34)23-12-8-18-31(20-23)26(33)15-17-28(16-14-25(32)29-28)19-22-11-7-10-21-9-5-6-13-24(21)22/h5-7,9-11,13,23H,3-4,8,12,14-20H2,1-2H3,(H,29,32). The first kappa shape index (κ1) is 24.2. The molecule has 2 aromatic rings. The Bertz CT molecular complexity index is 1040. The van der Waals surface area contributed by atoms with Crippen LogP contribution in [0.3, 0.4) is 0 Å². The summed E-state index contributed by atoms with van der Waals surface area (Å²) >= 11 is 0. The number of fused-ring (bicyclic) bond motifs is 1. The van der Waals surface area contributed by atoms with Crippen LogP contribution < -0.4 is 5.32 Å². The third kappa shape index (κ3) is 5.26. The highest BCUT2D eigenvalue weighted by Crippen LogP contribution is 2.32. The molecular formula is C28H37N3O3. The van der Waals surface area contributed by atoms with Crippen LogP contribution in [-0.2, 0) is 20.8 Å². The van der Waals surface area contributed by atoms with Crippen LogP contribution in [0, 0.1) is 5.92 Å². The monoisotopic (exact) mass is 463 g/mol. The first-order valence-electron chi connectivity index (χ1n) is 12.8. The van der Waals surface area contributed by atoms with E-state index in [2.05, 4.69) is 35.6 Å². The fraction of sp³-hybridized carbons (Fsp3) is 0.536. The molecule has 4 rings (SSSR count). The van der Waals surface area contributed by atoms with Gasteiger partial charge in [0, 0.05) is 44.6 Å². The molecule has 34 heavy (non-hydrogen) atoms. The topological polar surface area (TPSA) is 69.7 Å². The highest BCUT2D eigenvalue weighted by atomic mass is 16.2. The smallest absolute Gasteiger partial charge is 0.227 e. The number of hydrogen-bond acceptors (Lipinski definition) is 3. The van der Waals surface area contributed by atoms with Crippen LogP contribution in [0.1, 0.15) is 57.9 Å². The van der Waals surface area contributed by atoms with Crippen molar-refractivity contribution < 1.29 is 14.4 Å². The zero-order valence-corrected chi connectivity index (χ0v) is 20.5. The lowest BCUT2D eigenvalue weighted by Gasteiger charge is -2.36. The van der Waals surface area contributed by atoms with Crippen molar-refractivity contribution in [3.05, 3.63) is 48.0 Å². The molecule has 2 unspecified atom stereocenters. The van der Waals surface area contributed by atoms with Crippen molar-refractivity contribution >= 4 is 28.5 Å². The molecule has 2 aliphatic heterocycles. The number of carbonyl (C=O) groups is 3. The fourth-order valence-corrected chi connectivity index (χ4v) is 5.70. The molecule has 0 saturated carbocycles. The Hall–Kier alpha value is -2.89. The summed E-state index contributed by atoms with van der Waals surface area (Å²) in [5, 5.41) is 5.61. The number of piperidine rings is 1. The molecule has 0 bridgehead atoms. The van der Waals surface area contributed by atoms with Crippen LogP contribution in [0.4, 0.5) is 0 Å². The van der Waals surface area contributed by atoms with E-state index in [0.717, 1.165) is 25.7 Å². The minimum absolute atomic E-state index is 0.0653. The first-order chi connectivity index (χ1) is 16.4. The summed E-state index contributed by atoms with van der Waals surface area (Å²) in [4.78, 5) is 42.0. The highest BCUT2D eigenvalue weighted by Gasteiger charge is 2.39. The molecule has 6 nitrogen and oxygen atoms in total. The molecule has 3 amide bonds. The predicted octanol–water partition coefficient (Wildman–Crippen LogP) is 3.92. The second-order valence-corrected chi connectivity index (χ2v) is 9.83. The lowest BCUT2D eigenvalue weighted by Crippen LogP contribution is -2.48. The van der Waals surface area contributed by atoms with Gasteiger partial charge >= 0.3 is 0 Å². The maximum atomic E-state index is 13.2. The SMILES string of the molecule is CCN(CC)C(=O)C1CCCN(C(=O)CCC2(Cc3cccc4ccccc34)CCC(=O)N2)C1. The third-order valence-electron chi connectivity index (χ3n) is 7.66. The van der Waals surface area contributed by atoms with Gasteiger partial charge in [0.2, 0.25) is 17.7 Å². The fourth-order valence-electron chi connectivity index (χ4n) is 5.70. The Labute approximate surface area is 202 Å². The zero-order chi connectivity index (χ0) is 24.1. The summed E-state index contributed by atoms with van der Waals surface area (Å²) in [6.07, 6.45) is 4.68. The van der Waals surface area contributed by atoms with Crippen LogP contribution in [0.25, 0.3) is 10.8 Å². The largest absolute Gasteiger partial charge is 0.350 e. The zero-order valence-electron chi connectivity index (χ0n) is 20.5. The van der Waals surface area contributed by atoms with E-state index in [1.165, 1.54) is 16.3 Å². The average molecular weight is 464 g/mol. The molecule has 182 valence electrons. The Morgan fingerprint density at radius 2 is 1.88 bits per heavy atom. The van der Waals surface area contributed by atoms with Crippen LogP contribution in [-0.4, -0.2) is 59.2 Å². The van der Waals surface area contributed by atoms with Gasteiger partial charge < -0.3 is 15.1 Å². The van der Waals surface area contributed by atoms with Crippen molar-refractivity contribution in [1.82, 2.24) is 15.1 Å². The van der Waals surface area contributed by atoms with Gasteiger partial charge in [0.1, 0.15) is 0 Å². The number of amides is 3. The summed E-state index contributed by atoms with van der Waals surface area (Å²) in [5.74, 6) is 0.220. The van der Waals surface area contributed by atoms with Gasteiger partial charge in [-0.2, -0.15) is 0 Å². The lowest BCUT2D eigenvalue weighted by atomic mass is 9.83. The van der Waals surface area contributed by atoms with Crippen molar-refractivity contribution in [2.75, 3.05) is 26.2 Å². The van der Waals surface area contributed by atoms with Crippen molar-refractivity contribution in [2.24, 2.45) is 5.92 Å². The van der Waals surface area contributed by atoms with Gasteiger partial charge in [0.05, 0.1) is 5.92 Å². The Balaban J connectivity index is 1.44. The molecule has 2 heterocycles. The van der Waals surface area contributed by atoms with E-state index in [4.69, 9.17) is 0 Å². The molecule has 2 fully saturated rings. The van der Waals surface area contributed by atoms with Crippen molar-refractivity contribution in [2.45, 2.75) is 64.3 Å². The van der Waals surface area contributed by atoms with E-state index >= 15 is 0 Å². The summed E-state index contributed by atoms with van der Waals surface area (Å²) in [7, 11) is 0. The van der Waals surface area contributed by atoms with Gasteiger partial charge in [0.15, 0.2) is 0 Å². The van der Waals surface area contributed by atoms with Crippen LogP contribution in [0.5, 0.6) is 0 Å². The molecule has 1 N–H and O–H groups in total. The van der Waals surface area contributed by atoms with Crippen LogP contribution >= 0.6 is 0 Å². The lowest BCUT2D eigenvalue weighted by molar-refractivity contribution is -0.141. The number of benzene rings is 2. The molecule has 2 aromatic carbocycles. The van der Waals surface area contributed by atoms with Crippen LogP contribution in [0.15, 0.2) is 42.5 Å². The molecule has 2 aliphatic rings. The van der Waals surface area contributed by atoms with Gasteiger partial charge in [0.25, 0.3) is 0 Å². The van der Waals surface area contributed by atoms with Crippen LogP contribution in [0.2, 0.25) is 0 Å². The maximum absolute atomic E-state index is 13.2. The predicted molar refractivity (Wildman–Crippen MR) is 134 cm³/mol. The van der Waals surface area contributed by atoms with E-state index in [0.29, 0.717) is 45.4 Å². The van der Waals surface area contributed by atoms with E-state index in [1.807, 2.05) is 35.8 Å². The normalized spacial score (nSPS) is 22.6. The number of likely N-dealkylation sites (tertiary alicyclic amines) is 1. The second-order valence-electron chi connectivity index (χ2n) is 9.83. The molecule has 6 heteroatoms. The van der Waals surface area contributed by atoms with E-state index in [9.17, 15) is 14.4 Å². The maximum Gasteiger partial charge on any atom is 0.227 e. The average Bonchev–Trinajstić information content (AvgIpc) is 3.24. The molecule has 0 aliphatic carbocycles. The summed E-state index contributed by atoms with van der Waals surface area (Å²) in [5.41, 5.74) is 0.805. The minimum Gasteiger partial charge on any atom is -0.350 e. The Kier molecular flexibility index (Phi) is 7.54. The minimum atomic E-state index is -0.400. The van der Waals surface area contributed by atoms with Gasteiger partial charge in [-0.25, -0.2) is 0 Å². The van der Waals surface area contributed by atoms with Gasteiger partial charge in [-0.1, -0.05) is 42.5 Å². The van der Waals surface area contributed by atoms with Crippen molar-refractivity contribution in [3.63, 3.8) is 0 Å². The number of nitrogens with zero attached hydrogens (tertiary/aromatic N) is 2. The van der Waals surface area contributed by atoms with Crippen molar-refractivity contribution in [3.8, 4) is 0 Å². The number of carbonyl (C=O) groups excluding carboxylic acids is 3. The summed E-state index contributed by atoms with van der Waals surface area (Å²) in [6, 6.07) is 14.6. The van der Waals surface area contributed by atoms with Crippen molar-refractivity contribution in [1.29, 1.82) is 0 Å². The Morgan fingerprint density at radius 1 is 1.12 bits per heavy atom. The number of rotatable bonds is 8. The van der Waals surface area contributed by atoms with Gasteiger partial charge in [-0.15, -0.1) is 0 Å². The first-order valence-corrected chi connectivity index (χ1v) is 12.8. The van der Waals surface area contributed by atoms with Gasteiger partial charge in [-0.3, -0.25) is 14.4 Å². The highest BCUT2D eigenvalue weighted by molar-refractivity contribution is 5.86. The summed E-state index contributed by atoms with van der Waals surface area (Å²) in [6.45, 7) is 6.63. The molecule has 2 saturated heterocycles. The van der Waals surface area contributed by atoms with E-state index in [1.54, 1.807) is 0 Å². The molecule has 0 spiro atoms.